The van der Waals surface area contributed by atoms with Gasteiger partial charge in [-0.2, -0.15) is 15.0 Å². The minimum atomic E-state index is 0.216. The van der Waals surface area contributed by atoms with Gasteiger partial charge in [0.1, 0.15) is 11.8 Å². The van der Waals surface area contributed by atoms with Crippen LogP contribution >= 0.6 is 0 Å². The Kier molecular flexibility index (Phi) is 3.50. The van der Waals surface area contributed by atoms with Crippen molar-refractivity contribution in [2.45, 2.75) is 31.8 Å². The molecule has 7 nitrogen and oxygen atoms in total. The number of hydrogen-bond donors (Lipinski definition) is 1. The highest BCUT2D eigenvalue weighted by Crippen LogP contribution is 2.29. The van der Waals surface area contributed by atoms with E-state index >= 15 is 0 Å². The molecule has 7 heteroatoms. The fourth-order valence-corrected chi connectivity index (χ4v) is 2.99. The van der Waals surface area contributed by atoms with Crippen molar-refractivity contribution in [2.75, 3.05) is 5.73 Å². The zero-order chi connectivity index (χ0) is 16.5. The predicted octanol–water partition coefficient (Wildman–Crippen LogP) is 2.59. The van der Waals surface area contributed by atoms with E-state index in [0.29, 0.717) is 28.5 Å². The van der Waals surface area contributed by atoms with E-state index in [0.717, 1.165) is 18.2 Å². The van der Waals surface area contributed by atoms with Crippen LogP contribution in [0.2, 0.25) is 0 Å². The second-order valence-electron chi connectivity index (χ2n) is 5.91. The zero-order valence-electron chi connectivity index (χ0n) is 13.0. The topological polar surface area (TPSA) is 103 Å². The Morgan fingerprint density at radius 2 is 2.00 bits per heavy atom. The Balaban J connectivity index is 1.72. The van der Waals surface area contributed by atoms with Crippen molar-refractivity contribution in [3.05, 3.63) is 36.3 Å². The fourth-order valence-electron chi connectivity index (χ4n) is 2.99. The van der Waals surface area contributed by atoms with E-state index in [4.69, 9.17) is 15.7 Å². The summed E-state index contributed by atoms with van der Waals surface area (Å²) < 4.78 is 7.65. The number of nitrogen functional groups attached to an aromatic ring is 1. The smallest absolute Gasteiger partial charge is 0.164 e. The number of anilines is 1. The molecule has 0 amide bonds. The minimum absolute atomic E-state index is 0.216. The Morgan fingerprint density at radius 1 is 1.17 bits per heavy atom. The third kappa shape index (κ3) is 2.52. The maximum Gasteiger partial charge on any atom is 0.164 e. The molecule has 0 aromatic carbocycles. The van der Waals surface area contributed by atoms with Crippen molar-refractivity contribution in [3.8, 4) is 17.6 Å². The van der Waals surface area contributed by atoms with Gasteiger partial charge in [-0.25, -0.2) is 9.97 Å². The molecule has 1 aliphatic carbocycles. The standard InChI is InChI=1S/C17H16N6O/c18-7-11-5-12-9-22-23(17(12)21-8-11)16-6-15(14(19)10-20-16)24-13-3-1-2-4-13/h5-6,8-10,13H,1-4,19H2. The molecule has 0 aliphatic heterocycles. The summed E-state index contributed by atoms with van der Waals surface area (Å²) in [7, 11) is 0. The second kappa shape index (κ2) is 5.81. The van der Waals surface area contributed by atoms with Crippen LogP contribution in [0.3, 0.4) is 0 Å². The molecule has 1 aliphatic rings. The lowest BCUT2D eigenvalue weighted by molar-refractivity contribution is 0.211. The van der Waals surface area contributed by atoms with Crippen molar-refractivity contribution in [1.82, 2.24) is 19.7 Å². The Bertz CT molecular complexity index is 936. The van der Waals surface area contributed by atoms with Gasteiger partial charge in [0.05, 0.1) is 29.7 Å². The molecule has 24 heavy (non-hydrogen) atoms. The highest BCUT2D eigenvalue weighted by atomic mass is 16.5. The van der Waals surface area contributed by atoms with Crippen LogP contribution in [0.4, 0.5) is 5.69 Å². The van der Waals surface area contributed by atoms with Gasteiger partial charge in [0.15, 0.2) is 11.5 Å². The molecule has 4 rings (SSSR count). The third-order valence-corrected chi connectivity index (χ3v) is 4.23. The number of nitriles is 1. The van der Waals surface area contributed by atoms with Gasteiger partial charge in [-0.05, 0) is 31.7 Å². The molecule has 0 atom stereocenters. The van der Waals surface area contributed by atoms with Gasteiger partial charge < -0.3 is 10.5 Å². The monoisotopic (exact) mass is 320 g/mol. The molecule has 1 saturated carbocycles. The summed E-state index contributed by atoms with van der Waals surface area (Å²) in [5.74, 6) is 1.22. The van der Waals surface area contributed by atoms with Gasteiger partial charge in [-0.1, -0.05) is 0 Å². The van der Waals surface area contributed by atoms with Gasteiger partial charge in [0, 0.05) is 17.6 Å². The van der Waals surface area contributed by atoms with E-state index in [1.165, 1.54) is 19.0 Å². The molecule has 120 valence electrons. The number of fused-ring (bicyclic) bond motifs is 1. The summed E-state index contributed by atoms with van der Waals surface area (Å²) >= 11 is 0. The van der Waals surface area contributed by atoms with Crippen LogP contribution in [0.25, 0.3) is 16.9 Å². The molecule has 2 N–H and O–H groups in total. The molecule has 3 aromatic rings. The van der Waals surface area contributed by atoms with Crippen molar-refractivity contribution in [3.63, 3.8) is 0 Å². The van der Waals surface area contributed by atoms with Crippen molar-refractivity contribution in [2.24, 2.45) is 0 Å². The molecule has 0 radical (unpaired) electrons. The molecular weight excluding hydrogens is 304 g/mol. The maximum absolute atomic E-state index is 8.96. The number of aromatic nitrogens is 4. The van der Waals surface area contributed by atoms with Crippen LogP contribution in [0.5, 0.6) is 5.75 Å². The Morgan fingerprint density at radius 3 is 2.79 bits per heavy atom. The second-order valence-corrected chi connectivity index (χ2v) is 5.91. The SMILES string of the molecule is N#Cc1cnc2c(cnn2-c2cc(OC3CCCC3)c(N)cn2)c1. The number of nitrogens with zero attached hydrogens (tertiary/aromatic N) is 5. The minimum Gasteiger partial charge on any atom is -0.488 e. The molecule has 1 fully saturated rings. The average Bonchev–Trinajstić information content (AvgIpc) is 3.25. The first-order chi connectivity index (χ1) is 11.7. The predicted molar refractivity (Wildman–Crippen MR) is 88.7 cm³/mol. The first-order valence-corrected chi connectivity index (χ1v) is 7.91. The van der Waals surface area contributed by atoms with Gasteiger partial charge in [0.25, 0.3) is 0 Å². The van der Waals surface area contributed by atoms with Gasteiger partial charge in [-0.15, -0.1) is 0 Å². The van der Waals surface area contributed by atoms with Gasteiger partial charge in [-0.3, -0.25) is 0 Å². The van der Waals surface area contributed by atoms with Crippen LogP contribution in [0.15, 0.2) is 30.7 Å². The zero-order valence-corrected chi connectivity index (χ0v) is 13.0. The van der Waals surface area contributed by atoms with Crippen molar-refractivity contribution in [1.29, 1.82) is 5.26 Å². The lowest BCUT2D eigenvalue weighted by Gasteiger charge is -2.15. The summed E-state index contributed by atoms with van der Waals surface area (Å²) in [6, 6.07) is 5.61. The van der Waals surface area contributed by atoms with Crippen molar-refractivity contribution >= 4 is 16.7 Å². The van der Waals surface area contributed by atoms with Crippen molar-refractivity contribution < 1.29 is 4.74 Å². The van der Waals surface area contributed by atoms with E-state index in [1.54, 1.807) is 29.2 Å². The summed E-state index contributed by atoms with van der Waals surface area (Å²) in [5, 5.41) is 14.1. The molecule has 3 aromatic heterocycles. The number of hydrogen-bond acceptors (Lipinski definition) is 6. The average molecular weight is 320 g/mol. The number of ether oxygens (including phenoxy) is 1. The van der Waals surface area contributed by atoms with E-state index in [-0.39, 0.29) is 6.10 Å². The van der Waals surface area contributed by atoms with Crippen LogP contribution in [-0.2, 0) is 0 Å². The third-order valence-electron chi connectivity index (χ3n) is 4.23. The van der Waals surface area contributed by atoms with Crippen LogP contribution in [0, 0.1) is 11.3 Å². The molecule has 0 spiro atoms. The van der Waals surface area contributed by atoms with Gasteiger partial charge in [0.2, 0.25) is 0 Å². The summed E-state index contributed by atoms with van der Waals surface area (Å²) in [6.07, 6.45) is 9.48. The van der Waals surface area contributed by atoms with E-state index < -0.39 is 0 Å². The van der Waals surface area contributed by atoms with Crippen LogP contribution in [0.1, 0.15) is 31.2 Å². The Hall–Kier alpha value is -3.14. The molecule has 0 saturated heterocycles. The van der Waals surface area contributed by atoms with Gasteiger partial charge >= 0.3 is 0 Å². The van der Waals surface area contributed by atoms with E-state index in [9.17, 15) is 0 Å². The molecular formula is C17H16N6O. The summed E-state index contributed by atoms with van der Waals surface area (Å²) in [5.41, 5.74) is 7.65. The molecule has 0 bridgehead atoms. The maximum atomic E-state index is 8.96. The van der Waals surface area contributed by atoms with E-state index in [2.05, 4.69) is 21.1 Å². The number of rotatable bonds is 3. The fraction of sp³-hybridized carbons (Fsp3) is 0.294. The highest BCUT2D eigenvalue weighted by Gasteiger charge is 2.18. The lowest BCUT2D eigenvalue weighted by atomic mass is 10.2. The quantitative estimate of drug-likeness (QED) is 0.795. The van der Waals surface area contributed by atoms with E-state index in [1.807, 2.05) is 0 Å². The largest absolute Gasteiger partial charge is 0.488 e. The normalized spacial score (nSPS) is 14.8. The number of pyridine rings is 2. The number of nitrogens with two attached hydrogens (primary N) is 1. The van der Waals surface area contributed by atoms with Crippen LogP contribution in [-0.4, -0.2) is 25.9 Å². The first kappa shape index (κ1) is 14.5. The Labute approximate surface area is 138 Å². The molecule has 0 unspecified atom stereocenters. The summed E-state index contributed by atoms with van der Waals surface area (Å²) in [6.45, 7) is 0. The van der Waals surface area contributed by atoms with Crippen LogP contribution < -0.4 is 10.5 Å². The summed E-state index contributed by atoms with van der Waals surface area (Å²) in [4.78, 5) is 8.65. The molecule has 3 heterocycles. The highest BCUT2D eigenvalue weighted by molar-refractivity contribution is 5.77. The lowest BCUT2D eigenvalue weighted by Crippen LogP contribution is -2.13. The first-order valence-electron chi connectivity index (χ1n) is 7.91.